The van der Waals surface area contributed by atoms with Gasteiger partial charge < -0.3 is 10.4 Å². The fraction of sp³-hybridized carbons (Fsp3) is 0.200. The summed E-state index contributed by atoms with van der Waals surface area (Å²) in [6, 6.07) is 7.30. The molecule has 0 aliphatic rings. The van der Waals surface area contributed by atoms with Gasteiger partial charge in [0.2, 0.25) is 0 Å². The molecule has 20 heavy (non-hydrogen) atoms. The minimum atomic E-state index is -1.14. The van der Waals surface area contributed by atoms with Gasteiger partial charge in [-0.3, -0.25) is 0 Å². The Balaban J connectivity index is 2.41. The molecule has 1 heterocycles. The van der Waals surface area contributed by atoms with Crippen molar-refractivity contribution in [2.45, 2.75) is 20.8 Å². The maximum absolute atomic E-state index is 11.0. The molecule has 0 saturated heterocycles. The van der Waals surface area contributed by atoms with E-state index >= 15 is 0 Å². The zero-order chi connectivity index (χ0) is 14.9. The Morgan fingerprint density at radius 2 is 1.80 bits per heavy atom. The summed E-state index contributed by atoms with van der Waals surface area (Å²) >= 11 is 5.81. The highest BCUT2D eigenvalue weighted by Gasteiger charge is 2.12. The van der Waals surface area contributed by atoms with Crippen LogP contribution in [0, 0.1) is 20.8 Å². The molecule has 0 fully saturated rings. The summed E-state index contributed by atoms with van der Waals surface area (Å²) in [5.74, 6) is -0.683. The Labute approximate surface area is 122 Å². The Morgan fingerprint density at radius 3 is 2.35 bits per heavy atom. The van der Waals surface area contributed by atoms with Gasteiger partial charge in [0, 0.05) is 5.69 Å². The van der Waals surface area contributed by atoms with Crippen molar-refractivity contribution >= 4 is 29.1 Å². The second-order valence-electron chi connectivity index (χ2n) is 4.73. The molecule has 1 aromatic carbocycles. The number of nitrogens with zero attached hydrogens (tertiary/aromatic N) is 1. The SMILES string of the molecule is Cc1cc(C)c(Nc2ccc(Cl)c(C(=O)O)n2)c(C)c1. The molecular weight excluding hydrogens is 276 g/mol. The van der Waals surface area contributed by atoms with Crippen LogP contribution in [0.2, 0.25) is 5.02 Å². The molecule has 2 rings (SSSR count). The number of hydrogen-bond acceptors (Lipinski definition) is 3. The first kappa shape index (κ1) is 14.3. The summed E-state index contributed by atoms with van der Waals surface area (Å²) < 4.78 is 0. The number of carbonyl (C=O) groups is 1. The molecule has 0 bridgehead atoms. The van der Waals surface area contributed by atoms with Gasteiger partial charge in [0.1, 0.15) is 5.82 Å². The van der Waals surface area contributed by atoms with Gasteiger partial charge in [0.25, 0.3) is 0 Å². The fourth-order valence-corrected chi connectivity index (χ4v) is 2.35. The van der Waals surface area contributed by atoms with Gasteiger partial charge in [-0.1, -0.05) is 29.3 Å². The van der Waals surface area contributed by atoms with Gasteiger partial charge in [-0.25, -0.2) is 9.78 Å². The van der Waals surface area contributed by atoms with Gasteiger partial charge in [-0.05, 0) is 44.0 Å². The molecule has 0 aliphatic carbocycles. The first-order valence-electron chi connectivity index (χ1n) is 6.13. The van der Waals surface area contributed by atoms with E-state index in [2.05, 4.69) is 22.4 Å². The number of aromatic nitrogens is 1. The van der Waals surface area contributed by atoms with Gasteiger partial charge in [-0.15, -0.1) is 0 Å². The predicted molar refractivity (Wildman–Crippen MR) is 80.1 cm³/mol. The van der Waals surface area contributed by atoms with Gasteiger partial charge in [0.05, 0.1) is 5.02 Å². The summed E-state index contributed by atoms with van der Waals surface area (Å²) in [4.78, 5) is 15.1. The number of carboxylic acids is 1. The number of carboxylic acid groups (broad SMARTS) is 1. The van der Waals surface area contributed by atoms with E-state index in [4.69, 9.17) is 16.7 Å². The van der Waals surface area contributed by atoms with E-state index in [0.717, 1.165) is 16.8 Å². The van der Waals surface area contributed by atoms with Crippen molar-refractivity contribution in [2.24, 2.45) is 0 Å². The molecular formula is C15H15ClN2O2. The Bertz CT molecular complexity index is 661. The lowest BCUT2D eigenvalue weighted by Crippen LogP contribution is -2.05. The third-order valence-electron chi connectivity index (χ3n) is 2.98. The number of aryl methyl sites for hydroxylation is 3. The third-order valence-corrected chi connectivity index (χ3v) is 3.28. The summed E-state index contributed by atoms with van der Waals surface area (Å²) in [7, 11) is 0. The molecule has 0 saturated carbocycles. The van der Waals surface area contributed by atoms with Crippen LogP contribution in [0.5, 0.6) is 0 Å². The largest absolute Gasteiger partial charge is 0.476 e. The van der Waals surface area contributed by atoms with Crippen LogP contribution < -0.4 is 5.32 Å². The average molecular weight is 291 g/mol. The van der Waals surface area contributed by atoms with E-state index < -0.39 is 5.97 Å². The minimum absolute atomic E-state index is 0.125. The summed E-state index contributed by atoms with van der Waals surface area (Å²) in [5.41, 5.74) is 4.12. The monoisotopic (exact) mass is 290 g/mol. The van der Waals surface area contributed by atoms with Crippen LogP contribution in [0.25, 0.3) is 0 Å². The van der Waals surface area contributed by atoms with Crippen LogP contribution >= 0.6 is 11.6 Å². The lowest BCUT2D eigenvalue weighted by molar-refractivity contribution is 0.0691. The Morgan fingerprint density at radius 1 is 1.20 bits per heavy atom. The number of aromatic carboxylic acids is 1. The maximum Gasteiger partial charge on any atom is 0.356 e. The molecule has 4 nitrogen and oxygen atoms in total. The van der Waals surface area contributed by atoms with Crippen molar-refractivity contribution < 1.29 is 9.90 Å². The van der Waals surface area contributed by atoms with Gasteiger partial charge in [-0.2, -0.15) is 0 Å². The van der Waals surface area contributed by atoms with E-state index in [1.165, 1.54) is 11.6 Å². The second kappa shape index (κ2) is 5.51. The molecule has 0 spiro atoms. The molecule has 2 N–H and O–H groups in total. The van der Waals surface area contributed by atoms with Crippen LogP contribution in [0.4, 0.5) is 11.5 Å². The normalized spacial score (nSPS) is 10.4. The number of benzene rings is 1. The number of halogens is 1. The zero-order valence-corrected chi connectivity index (χ0v) is 12.2. The molecule has 0 amide bonds. The van der Waals surface area contributed by atoms with Crippen LogP contribution in [0.3, 0.4) is 0 Å². The lowest BCUT2D eigenvalue weighted by Gasteiger charge is -2.13. The fourth-order valence-electron chi connectivity index (χ4n) is 2.17. The number of nitrogens with one attached hydrogen (secondary N) is 1. The van der Waals surface area contributed by atoms with Crippen LogP contribution in [0.1, 0.15) is 27.2 Å². The number of rotatable bonds is 3. The molecule has 0 unspecified atom stereocenters. The number of hydrogen-bond donors (Lipinski definition) is 2. The summed E-state index contributed by atoms with van der Waals surface area (Å²) in [5, 5.41) is 12.3. The highest BCUT2D eigenvalue weighted by atomic mass is 35.5. The second-order valence-corrected chi connectivity index (χ2v) is 5.14. The standard InChI is InChI=1S/C15H15ClN2O2/c1-8-6-9(2)13(10(3)7-8)17-12-5-4-11(16)14(18-12)15(19)20/h4-7H,1-3H3,(H,17,18)(H,19,20). The Kier molecular flexibility index (Phi) is 3.95. The predicted octanol–water partition coefficient (Wildman–Crippen LogP) is 4.10. The smallest absolute Gasteiger partial charge is 0.356 e. The number of anilines is 2. The van der Waals surface area contributed by atoms with Crippen molar-refractivity contribution in [1.29, 1.82) is 0 Å². The van der Waals surface area contributed by atoms with Crippen molar-refractivity contribution in [3.05, 3.63) is 51.7 Å². The third kappa shape index (κ3) is 2.91. The summed E-state index contributed by atoms with van der Waals surface area (Å²) in [6.07, 6.45) is 0. The van der Waals surface area contributed by atoms with Crippen molar-refractivity contribution in [3.8, 4) is 0 Å². The highest BCUT2D eigenvalue weighted by Crippen LogP contribution is 2.26. The van der Waals surface area contributed by atoms with Crippen LogP contribution in [-0.2, 0) is 0 Å². The van der Waals surface area contributed by atoms with E-state index in [9.17, 15) is 4.79 Å². The molecule has 0 atom stereocenters. The van der Waals surface area contributed by atoms with Crippen LogP contribution in [0.15, 0.2) is 24.3 Å². The first-order valence-corrected chi connectivity index (χ1v) is 6.51. The highest BCUT2D eigenvalue weighted by molar-refractivity contribution is 6.33. The van der Waals surface area contributed by atoms with E-state index in [1.54, 1.807) is 6.07 Å². The molecule has 0 aliphatic heterocycles. The van der Waals surface area contributed by atoms with E-state index in [0.29, 0.717) is 5.82 Å². The summed E-state index contributed by atoms with van der Waals surface area (Å²) in [6.45, 7) is 6.03. The van der Waals surface area contributed by atoms with E-state index in [1.807, 2.05) is 20.8 Å². The quantitative estimate of drug-likeness (QED) is 0.893. The molecule has 0 radical (unpaired) electrons. The molecule has 2 aromatic rings. The minimum Gasteiger partial charge on any atom is -0.476 e. The Hall–Kier alpha value is -2.07. The van der Waals surface area contributed by atoms with Gasteiger partial charge in [0.15, 0.2) is 5.69 Å². The average Bonchev–Trinajstić information content (AvgIpc) is 2.35. The van der Waals surface area contributed by atoms with E-state index in [-0.39, 0.29) is 10.7 Å². The van der Waals surface area contributed by atoms with Crippen molar-refractivity contribution in [3.63, 3.8) is 0 Å². The van der Waals surface area contributed by atoms with Crippen molar-refractivity contribution in [2.75, 3.05) is 5.32 Å². The molecule has 5 heteroatoms. The maximum atomic E-state index is 11.0. The zero-order valence-electron chi connectivity index (χ0n) is 11.5. The van der Waals surface area contributed by atoms with Gasteiger partial charge >= 0.3 is 5.97 Å². The lowest BCUT2D eigenvalue weighted by atomic mass is 10.1. The van der Waals surface area contributed by atoms with Crippen molar-refractivity contribution in [1.82, 2.24) is 4.98 Å². The number of pyridine rings is 1. The topological polar surface area (TPSA) is 62.2 Å². The van der Waals surface area contributed by atoms with Crippen LogP contribution in [-0.4, -0.2) is 16.1 Å². The molecule has 1 aromatic heterocycles. The first-order chi connectivity index (χ1) is 9.38. The molecule has 104 valence electrons.